The van der Waals surface area contributed by atoms with Crippen molar-refractivity contribution in [1.82, 2.24) is 15.2 Å². The maximum absolute atomic E-state index is 12.6. The van der Waals surface area contributed by atoms with E-state index in [1.54, 1.807) is 29.1 Å². The first-order valence-corrected chi connectivity index (χ1v) is 7.98. The summed E-state index contributed by atoms with van der Waals surface area (Å²) >= 11 is 0. The van der Waals surface area contributed by atoms with Crippen LogP contribution in [0.15, 0.2) is 64.3 Å². The lowest BCUT2D eigenvalue weighted by atomic mass is 9.92. The van der Waals surface area contributed by atoms with Crippen molar-refractivity contribution in [2.75, 3.05) is 0 Å². The van der Waals surface area contributed by atoms with Gasteiger partial charge in [0.1, 0.15) is 11.5 Å². The molecule has 1 amide bonds. The Labute approximate surface area is 146 Å². The van der Waals surface area contributed by atoms with Crippen LogP contribution >= 0.6 is 0 Å². The summed E-state index contributed by atoms with van der Waals surface area (Å²) in [5.41, 5.74) is 4.42. The van der Waals surface area contributed by atoms with Crippen LogP contribution in [0, 0.1) is 0 Å². The fraction of sp³-hybridized carbons (Fsp3) is 0.211. The minimum atomic E-state index is -0.338. The zero-order chi connectivity index (χ0) is 17.9. The van der Waals surface area contributed by atoms with Gasteiger partial charge in [-0.05, 0) is 30.3 Å². The summed E-state index contributed by atoms with van der Waals surface area (Å²) in [6.45, 7) is 6.17. The van der Waals surface area contributed by atoms with Gasteiger partial charge in [-0.15, -0.1) is 0 Å². The number of carbonyl (C=O) groups is 1. The van der Waals surface area contributed by atoms with Gasteiger partial charge < -0.3 is 4.42 Å². The maximum Gasteiger partial charge on any atom is 0.290 e. The van der Waals surface area contributed by atoms with E-state index in [9.17, 15) is 4.79 Å². The number of amides is 1. The van der Waals surface area contributed by atoms with Crippen LogP contribution in [0.1, 0.15) is 42.7 Å². The molecule has 0 atom stereocenters. The first-order valence-electron chi connectivity index (χ1n) is 7.98. The molecule has 0 aliphatic rings. The quantitative estimate of drug-likeness (QED) is 0.585. The number of nitrogens with one attached hydrogen (secondary N) is 1. The normalized spacial score (nSPS) is 11.8. The summed E-state index contributed by atoms with van der Waals surface area (Å²) in [7, 11) is 0. The largest absolute Gasteiger partial charge is 0.463 e. The predicted octanol–water partition coefficient (Wildman–Crippen LogP) is 3.53. The van der Waals surface area contributed by atoms with E-state index in [0.717, 1.165) is 11.4 Å². The van der Waals surface area contributed by atoms with E-state index in [4.69, 9.17) is 4.42 Å². The third-order valence-corrected chi connectivity index (χ3v) is 3.61. The number of hydrazone groups is 1. The van der Waals surface area contributed by atoms with E-state index in [2.05, 4.69) is 36.4 Å². The van der Waals surface area contributed by atoms with Gasteiger partial charge in [0.15, 0.2) is 0 Å². The van der Waals surface area contributed by atoms with Gasteiger partial charge in [0.25, 0.3) is 5.91 Å². The number of aromatic nitrogens is 2. The van der Waals surface area contributed by atoms with Crippen molar-refractivity contribution in [1.29, 1.82) is 0 Å². The van der Waals surface area contributed by atoms with Crippen LogP contribution in [-0.4, -0.2) is 21.9 Å². The third kappa shape index (κ3) is 3.85. The minimum absolute atomic E-state index is 0.174. The van der Waals surface area contributed by atoms with Crippen LogP contribution in [0.3, 0.4) is 0 Å². The van der Waals surface area contributed by atoms with E-state index in [-0.39, 0.29) is 11.3 Å². The number of rotatable bonds is 4. The zero-order valence-electron chi connectivity index (χ0n) is 14.4. The van der Waals surface area contributed by atoms with Crippen LogP contribution < -0.4 is 5.43 Å². The molecule has 0 fully saturated rings. The molecule has 1 N–H and O–H groups in total. The van der Waals surface area contributed by atoms with E-state index in [1.165, 1.54) is 6.21 Å². The van der Waals surface area contributed by atoms with Gasteiger partial charge in [0, 0.05) is 5.41 Å². The molecular formula is C19H20N4O2. The van der Waals surface area contributed by atoms with Crippen molar-refractivity contribution >= 4 is 12.1 Å². The van der Waals surface area contributed by atoms with E-state index in [1.807, 2.05) is 30.3 Å². The summed E-state index contributed by atoms with van der Waals surface area (Å²) in [6.07, 6.45) is 3.00. The number of hydrogen-bond donors (Lipinski definition) is 1. The number of para-hydroxylation sites is 1. The summed E-state index contributed by atoms with van der Waals surface area (Å²) < 4.78 is 6.78. The Balaban J connectivity index is 1.91. The maximum atomic E-state index is 12.6. The molecule has 0 saturated heterocycles. The Morgan fingerprint density at radius 3 is 2.60 bits per heavy atom. The first-order chi connectivity index (χ1) is 11.9. The monoisotopic (exact) mass is 336 g/mol. The Hall–Kier alpha value is -3.15. The smallest absolute Gasteiger partial charge is 0.290 e. The first kappa shape index (κ1) is 16.7. The molecule has 2 aromatic heterocycles. The molecule has 6 heteroatoms. The second-order valence-electron chi connectivity index (χ2n) is 6.63. The number of nitrogens with zero attached hydrogens (tertiary/aromatic N) is 3. The molecule has 6 nitrogen and oxygen atoms in total. The Kier molecular flexibility index (Phi) is 4.52. The summed E-state index contributed by atoms with van der Waals surface area (Å²) in [5, 5.41) is 8.55. The van der Waals surface area contributed by atoms with Gasteiger partial charge >= 0.3 is 0 Å². The van der Waals surface area contributed by atoms with Crippen molar-refractivity contribution in [2.45, 2.75) is 26.2 Å². The molecule has 0 saturated carbocycles. The highest BCUT2D eigenvalue weighted by Gasteiger charge is 2.23. The highest BCUT2D eigenvalue weighted by Crippen LogP contribution is 2.23. The van der Waals surface area contributed by atoms with Gasteiger partial charge in [-0.3, -0.25) is 4.79 Å². The molecular weight excluding hydrogens is 316 g/mol. The lowest BCUT2D eigenvalue weighted by molar-refractivity contribution is 0.0947. The Morgan fingerprint density at radius 2 is 1.96 bits per heavy atom. The molecule has 3 rings (SSSR count). The molecule has 25 heavy (non-hydrogen) atoms. The molecule has 0 spiro atoms. The zero-order valence-corrected chi connectivity index (χ0v) is 14.4. The van der Waals surface area contributed by atoms with Gasteiger partial charge in [-0.1, -0.05) is 39.0 Å². The summed E-state index contributed by atoms with van der Waals surface area (Å²) in [6, 6.07) is 14.8. The van der Waals surface area contributed by atoms with E-state index >= 15 is 0 Å². The van der Waals surface area contributed by atoms with Crippen molar-refractivity contribution in [3.05, 3.63) is 71.9 Å². The van der Waals surface area contributed by atoms with Gasteiger partial charge in [0.05, 0.1) is 23.9 Å². The third-order valence-electron chi connectivity index (χ3n) is 3.61. The second-order valence-corrected chi connectivity index (χ2v) is 6.63. The lowest BCUT2D eigenvalue weighted by Crippen LogP contribution is -2.21. The van der Waals surface area contributed by atoms with Gasteiger partial charge in [-0.2, -0.15) is 10.2 Å². The molecule has 128 valence electrons. The highest BCUT2D eigenvalue weighted by molar-refractivity contribution is 5.94. The van der Waals surface area contributed by atoms with Crippen LogP contribution in [0.4, 0.5) is 0 Å². The number of benzene rings is 1. The summed E-state index contributed by atoms with van der Waals surface area (Å²) in [4.78, 5) is 12.6. The fourth-order valence-electron chi connectivity index (χ4n) is 2.25. The average Bonchev–Trinajstić information content (AvgIpc) is 3.24. The molecule has 1 aromatic carbocycles. The van der Waals surface area contributed by atoms with Crippen LogP contribution in [0.25, 0.3) is 5.69 Å². The summed E-state index contributed by atoms with van der Waals surface area (Å²) in [5.74, 6) is 0.224. The lowest BCUT2D eigenvalue weighted by Gasteiger charge is -2.14. The van der Waals surface area contributed by atoms with Crippen molar-refractivity contribution in [2.24, 2.45) is 5.10 Å². The minimum Gasteiger partial charge on any atom is -0.463 e. The predicted molar refractivity (Wildman–Crippen MR) is 96.0 cm³/mol. The van der Waals surface area contributed by atoms with Crippen molar-refractivity contribution < 1.29 is 9.21 Å². The van der Waals surface area contributed by atoms with Crippen molar-refractivity contribution in [3.63, 3.8) is 0 Å². The van der Waals surface area contributed by atoms with E-state index < -0.39 is 0 Å². The standard InChI is InChI=1S/C19H20N4O2/c1-19(2,3)17-12-16(23(22-17)14-8-5-4-6-9-14)18(24)21-20-13-15-10-7-11-25-15/h4-13H,1-3H3,(H,21,24)/b20-13-. The van der Waals surface area contributed by atoms with Gasteiger partial charge in [-0.25, -0.2) is 10.1 Å². The molecule has 2 heterocycles. The average molecular weight is 336 g/mol. The Morgan fingerprint density at radius 1 is 1.20 bits per heavy atom. The fourth-order valence-corrected chi connectivity index (χ4v) is 2.25. The molecule has 3 aromatic rings. The number of furan rings is 1. The van der Waals surface area contributed by atoms with Gasteiger partial charge in [0.2, 0.25) is 0 Å². The number of hydrogen-bond acceptors (Lipinski definition) is 4. The van der Waals surface area contributed by atoms with Crippen molar-refractivity contribution in [3.8, 4) is 5.69 Å². The SMILES string of the molecule is CC(C)(C)c1cc(C(=O)N/N=C\c2ccco2)n(-c2ccccc2)n1. The van der Waals surface area contributed by atoms with E-state index in [0.29, 0.717) is 11.5 Å². The molecule has 0 radical (unpaired) electrons. The molecule has 0 aliphatic heterocycles. The highest BCUT2D eigenvalue weighted by atomic mass is 16.3. The van der Waals surface area contributed by atoms with Crippen LogP contribution in [-0.2, 0) is 5.41 Å². The topological polar surface area (TPSA) is 72.4 Å². The molecule has 0 unspecified atom stereocenters. The second kappa shape index (κ2) is 6.76. The van der Waals surface area contributed by atoms with Crippen LogP contribution in [0.2, 0.25) is 0 Å². The Bertz CT molecular complexity index is 872. The number of carbonyl (C=O) groups excluding carboxylic acids is 1. The molecule has 0 bridgehead atoms. The molecule has 0 aliphatic carbocycles. The van der Waals surface area contributed by atoms with Crippen LogP contribution in [0.5, 0.6) is 0 Å².